The molecule has 0 aliphatic heterocycles. The van der Waals surface area contributed by atoms with Crippen LogP contribution in [0.25, 0.3) is 0 Å². The molecule has 1 aromatic heterocycles. The van der Waals surface area contributed by atoms with Crippen LogP contribution in [0.15, 0.2) is 39.6 Å². The van der Waals surface area contributed by atoms with Crippen molar-refractivity contribution in [2.75, 3.05) is 18.4 Å². The molecule has 1 aromatic carbocycles. The molecule has 0 radical (unpaired) electrons. The van der Waals surface area contributed by atoms with Crippen molar-refractivity contribution < 1.29 is 41.0 Å². The number of carbonyl (C=O) groups is 1. The van der Waals surface area contributed by atoms with E-state index in [9.17, 15) is 36.6 Å². The highest BCUT2D eigenvalue weighted by Crippen LogP contribution is 2.42. The molecule has 0 saturated carbocycles. The largest absolute Gasteiger partial charge is 0.506 e. The number of hydrogen-bond acceptors (Lipinski definition) is 6. The Morgan fingerprint density at radius 3 is 2.26 bits per heavy atom. The molecule has 0 saturated heterocycles. The summed E-state index contributed by atoms with van der Waals surface area (Å²) in [5.41, 5.74) is -4.04. The van der Waals surface area contributed by atoms with Gasteiger partial charge in [-0.15, -0.1) is 0 Å². The Hall–Kier alpha value is -2.57. The number of nitrogens with one attached hydrogen (secondary N) is 1. The van der Waals surface area contributed by atoms with Crippen LogP contribution >= 0.6 is 0 Å². The van der Waals surface area contributed by atoms with Crippen molar-refractivity contribution in [2.24, 2.45) is 0 Å². The molecule has 1 heterocycles. The maximum Gasteiger partial charge on any atom is 0.425 e. The highest BCUT2D eigenvalue weighted by molar-refractivity contribution is 7.89. The van der Waals surface area contributed by atoms with Crippen LogP contribution < -0.4 is 5.32 Å². The van der Waals surface area contributed by atoms with E-state index in [4.69, 9.17) is 4.42 Å². The van der Waals surface area contributed by atoms with Crippen molar-refractivity contribution in [3.63, 3.8) is 0 Å². The minimum Gasteiger partial charge on any atom is -0.506 e. The molecular weight excluding hydrogens is 441 g/mol. The number of nitrogens with zero attached hydrogens (tertiary/aromatic N) is 1. The van der Waals surface area contributed by atoms with Gasteiger partial charge >= 0.3 is 6.18 Å². The van der Waals surface area contributed by atoms with Gasteiger partial charge in [0.2, 0.25) is 21.5 Å². The number of benzene rings is 1. The van der Waals surface area contributed by atoms with Crippen LogP contribution in [0.2, 0.25) is 0 Å². The minimum absolute atomic E-state index is 0.102. The fourth-order valence-corrected chi connectivity index (χ4v) is 4.38. The van der Waals surface area contributed by atoms with Crippen LogP contribution in [0, 0.1) is 6.92 Å². The molecule has 1 amide bonds. The lowest BCUT2D eigenvalue weighted by Crippen LogP contribution is -2.44. The summed E-state index contributed by atoms with van der Waals surface area (Å²) in [5, 5.41) is 22.2. The van der Waals surface area contributed by atoms with Crippen LogP contribution in [-0.4, -0.2) is 48.1 Å². The Kier molecular flexibility index (Phi) is 7.08. The Labute approximate surface area is 177 Å². The van der Waals surface area contributed by atoms with Crippen LogP contribution in [-0.2, 0) is 20.4 Å². The maximum atomic E-state index is 13.5. The Balaban J connectivity index is 2.35. The molecule has 0 bridgehead atoms. The van der Waals surface area contributed by atoms with Crippen LogP contribution in [0.4, 0.5) is 18.9 Å². The van der Waals surface area contributed by atoms with Crippen molar-refractivity contribution in [3.8, 4) is 5.75 Å². The molecule has 31 heavy (non-hydrogen) atoms. The number of furan rings is 1. The Morgan fingerprint density at radius 2 is 1.77 bits per heavy atom. The van der Waals surface area contributed by atoms with Crippen molar-refractivity contribution >= 4 is 21.6 Å². The van der Waals surface area contributed by atoms with Gasteiger partial charge in [-0.2, -0.15) is 17.5 Å². The molecule has 3 N–H and O–H groups in total. The summed E-state index contributed by atoms with van der Waals surface area (Å²) in [6.07, 6.45) is -6.72. The molecular formula is C19H23F3N2O6S. The number of aromatic hydroxyl groups is 1. The Morgan fingerprint density at radius 1 is 1.16 bits per heavy atom. The Bertz CT molecular complexity index is 1050. The third kappa shape index (κ3) is 5.02. The SMILES string of the molecule is CCN(CC)S(=O)(=O)c1ccc(O)c(NC(=O)C[C@@](O)(c2ccc(C)o2)C(F)(F)F)c1. The second-order valence-corrected chi connectivity index (χ2v) is 8.70. The van der Waals surface area contributed by atoms with E-state index in [0.29, 0.717) is 0 Å². The first-order valence-corrected chi connectivity index (χ1v) is 10.7. The van der Waals surface area contributed by atoms with Gasteiger partial charge in [-0.25, -0.2) is 8.42 Å². The van der Waals surface area contributed by atoms with Crippen LogP contribution in [0.3, 0.4) is 0 Å². The third-order valence-electron chi connectivity index (χ3n) is 4.62. The summed E-state index contributed by atoms with van der Waals surface area (Å²) < 4.78 is 71.9. The standard InChI is InChI=1S/C19H23F3N2O6S/c1-4-24(5-2)31(28,29)13-7-8-15(25)14(10-13)23-17(26)11-18(27,19(20,21)22)16-9-6-12(3)30-16/h6-10,25,27H,4-5,11H2,1-3H3,(H,23,26)/t18-/m1/s1. The lowest BCUT2D eigenvalue weighted by molar-refractivity contribution is -0.272. The van der Waals surface area contributed by atoms with Crippen molar-refractivity contribution in [1.29, 1.82) is 0 Å². The van der Waals surface area contributed by atoms with E-state index in [2.05, 4.69) is 0 Å². The highest BCUT2D eigenvalue weighted by Gasteiger charge is 2.58. The highest BCUT2D eigenvalue weighted by atomic mass is 32.2. The molecule has 8 nitrogen and oxygen atoms in total. The number of hydrogen-bond donors (Lipinski definition) is 3. The normalized spacial score (nSPS) is 14.5. The summed E-state index contributed by atoms with van der Waals surface area (Å²) in [6, 6.07) is 5.15. The number of phenolic OH excluding ortho intramolecular Hbond substituents is 1. The van der Waals surface area contributed by atoms with Gasteiger partial charge in [0.25, 0.3) is 0 Å². The average Bonchev–Trinajstić information content (AvgIpc) is 3.10. The summed E-state index contributed by atoms with van der Waals surface area (Å²) in [4.78, 5) is 12.1. The molecule has 1 atom stereocenters. The number of aliphatic hydroxyl groups is 1. The van der Waals surface area contributed by atoms with E-state index in [1.807, 2.05) is 5.32 Å². The molecule has 0 aliphatic rings. The number of alkyl halides is 3. The molecule has 172 valence electrons. The van der Waals surface area contributed by atoms with E-state index in [1.165, 1.54) is 13.0 Å². The molecule has 0 fully saturated rings. The summed E-state index contributed by atoms with van der Waals surface area (Å²) in [5.74, 6) is -2.64. The second kappa shape index (κ2) is 8.89. The zero-order valence-corrected chi connectivity index (χ0v) is 17.8. The maximum absolute atomic E-state index is 13.5. The fraction of sp³-hybridized carbons (Fsp3) is 0.421. The topological polar surface area (TPSA) is 120 Å². The lowest BCUT2D eigenvalue weighted by atomic mass is 9.95. The number of carbonyl (C=O) groups excluding carboxylic acids is 1. The summed E-state index contributed by atoms with van der Waals surface area (Å²) >= 11 is 0. The molecule has 12 heteroatoms. The first-order chi connectivity index (χ1) is 14.3. The average molecular weight is 464 g/mol. The summed E-state index contributed by atoms with van der Waals surface area (Å²) in [6.45, 7) is 4.96. The van der Waals surface area contributed by atoms with Gasteiger partial charge in [-0.05, 0) is 37.3 Å². The van der Waals surface area contributed by atoms with Gasteiger partial charge in [-0.3, -0.25) is 4.79 Å². The number of halogens is 3. The van der Waals surface area contributed by atoms with Crippen molar-refractivity contribution in [3.05, 3.63) is 41.9 Å². The second-order valence-electron chi connectivity index (χ2n) is 6.76. The summed E-state index contributed by atoms with van der Waals surface area (Å²) in [7, 11) is -3.95. The van der Waals surface area contributed by atoms with E-state index in [1.54, 1.807) is 13.8 Å². The zero-order valence-electron chi connectivity index (χ0n) is 17.0. The number of amides is 1. The van der Waals surface area contributed by atoms with Crippen LogP contribution in [0.1, 0.15) is 31.8 Å². The smallest absolute Gasteiger partial charge is 0.425 e. The van der Waals surface area contributed by atoms with E-state index < -0.39 is 51.3 Å². The van der Waals surface area contributed by atoms with Gasteiger partial charge in [0.15, 0.2) is 0 Å². The van der Waals surface area contributed by atoms with Gasteiger partial charge in [-0.1, -0.05) is 13.8 Å². The molecule has 0 unspecified atom stereocenters. The number of rotatable bonds is 8. The lowest BCUT2D eigenvalue weighted by Gasteiger charge is -2.28. The van der Waals surface area contributed by atoms with Crippen LogP contribution in [0.5, 0.6) is 5.75 Å². The number of phenols is 1. The number of anilines is 1. The van der Waals surface area contributed by atoms with Gasteiger partial charge < -0.3 is 19.9 Å². The van der Waals surface area contributed by atoms with Gasteiger partial charge in [0.1, 0.15) is 17.3 Å². The van der Waals surface area contributed by atoms with E-state index in [-0.39, 0.29) is 23.7 Å². The van der Waals surface area contributed by atoms with Crippen molar-refractivity contribution in [2.45, 2.75) is 43.9 Å². The monoisotopic (exact) mass is 464 g/mol. The predicted molar refractivity (Wildman–Crippen MR) is 105 cm³/mol. The van der Waals surface area contributed by atoms with Gasteiger partial charge in [0.05, 0.1) is 17.0 Å². The molecule has 2 rings (SSSR count). The van der Waals surface area contributed by atoms with Gasteiger partial charge in [0, 0.05) is 13.1 Å². The van der Waals surface area contributed by atoms with E-state index in [0.717, 1.165) is 28.6 Å². The minimum atomic E-state index is -5.25. The first-order valence-electron chi connectivity index (χ1n) is 9.25. The predicted octanol–water partition coefficient (Wildman–Crippen LogP) is 3.10. The zero-order chi connectivity index (χ0) is 23.6. The molecule has 2 aromatic rings. The molecule has 0 aliphatic carbocycles. The fourth-order valence-electron chi connectivity index (χ4n) is 2.90. The third-order valence-corrected chi connectivity index (χ3v) is 6.66. The number of aryl methyl sites for hydroxylation is 1. The number of sulfonamides is 1. The van der Waals surface area contributed by atoms with Crippen molar-refractivity contribution in [1.82, 2.24) is 4.31 Å². The first kappa shape index (κ1) is 24.7. The molecule has 0 spiro atoms. The quantitative estimate of drug-likeness (QED) is 0.517. The van der Waals surface area contributed by atoms with E-state index >= 15 is 0 Å².